The highest BCUT2D eigenvalue weighted by Crippen LogP contribution is 2.28. The third-order valence-electron chi connectivity index (χ3n) is 5.75. The second-order valence-electron chi connectivity index (χ2n) is 8.28. The van der Waals surface area contributed by atoms with Gasteiger partial charge in [-0.2, -0.15) is 0 Å². The zero-order chi connectivity index (χ0) is 20.9. The summed E-state index contributed by atoms with van der Waals surface area (Å²) in [5.41, 5.74) is 2.43. The monoisotopic (exact) mass is 428 g/mol. The number of rotatable bonds is 8. The predicted octanol–water partition coefficient (Wildman–Crippen LogP) is 3.86. The predicted molar refractivity (Wildman–Crippen MR) is 118 cm³/mol. The van der Waals surface area contributed by atoms with Crippen LogP contribution in [-0.4, -0.2) is 49.7 Å². The number of hydrogen-bond acceptors (Lipinski definition) is 4. The van der Waals surface area contributed by atoms with E-state index in [1.54, 1.807) is 0 Å². The van der Waals surface area contributed by atoms with Gasteiger partial charge in [0.05, 0.1) is 6.61 Å². The summed E-state index contributed by atoms with van der Waals surface area (Å²) in [5, 5.41) is 3.80. The molecule has 4 rings (SSSR count). The Labute approximate surface area is 183 Å². The van der Waals surface area contributed by atoms with Crippen molar-refractivity contribution in [2.45, 2.75) is 32.3 Å². The summed E-state index contributed by atoms with van der Waals surface area (Å²) < 4.78 is 11.6. The van der Waals surface area contributed by atoms with Crippen LogP contribution in [0.25, 0.3) is 0 Å². The molecule has 1 unspecified atom stereocenters. The van der Waals surface area contributed by atoms with Crippen LogP contribution >= 0.6 is 11.6 Å². The van der Waals surface area contributed by atoms with Gasteiger partial charge in [-0.3, -0.25) is 4.79 Å². The van der Waals surface area contributed by atoms with E-state index >= 15 is 0 Å². The first-order valence-corrected chi connectivity index (χ1v) is 11.1. The molecule has 160 valence electrons. The number of carbonyl (C=O) groups excluding carboxylic acids is 1. The van der Waals surface area contributed by atoms with Gasteiger partial charge in [-0.1, -0.05) is 29.3 Å². The lowest BCUT2D eigenvalue weighted by molar-refractivity contribution is -0.129. The number of hydrogen-bond donors (Lipinski definition) is 1. The Morgan fingerprint density at radius 3 is 2.83 bits per heavy atom. The fourth-order valence-electron chi connectivity index (χ4n) is 4.06. The fraction of sp³-hybridized carbons (Fsp3) is 0.458. The maximum atomic E-state index is 12.5. The maximum Gasteiger partial charge on any atom is 0.261 e. The van der Waals surface area contributed by atoms with Crippen molar-refractivity contribution in [3.8, 4) is 11.5 Å². The van der Waals surface area contributed by atoms with Crippen LogP contribution in [0.1, 0.15) is 24.0 Å². The van der Waals surface area contributed by atoms with Crippen LogP contribution in [0.5, 0.6) is 11.5 Å². The number of ether oxygens (including phenoxy) is 2. The molecule has 5 nitrogen and oxygen atoms in total. The quantitative estimate of drug-likeness (QED) is 0.649. The van der Waals surface area contributed by atoms with Crippen molar-refractivity contribution < 1.29 is 14.3 Å². The molecule has 1 atom stereocenters. The molecule has 2 heterocycles. The number of aryl methyl sites for hydroxylation is 2. The van der Waals surface area contributed by atoms with Gasteiger partial charge in [0.2, 0.25) is 0 Å². The Morgan fingerprint density at radius 2 is 2.03 bits per heavy atom. The first-order valence-electron chi connectivity index (χ1n) is 10.7. The molecule has 0 aliphatic carbocycles. The number of benzene rings is 2. The summed E-state index contributed by atoms with van der Waals surface area (Å²) in [7, 11) is 0. The van der Waals surface area contributed by atoms with E-state index < -0.39 is 0 Å². The topological polar surface area (TPSA) is 50.8 Å². The van der Waals surface area contributed by atoms with Crippen LogP contribution in [-0.2, 0) is 11.2 Å². The number of halogens is 1. The molecule has 2 aliphatic rings. The highest BCUT2D eigenvalue weighted by molar-refractivity contribution is 6.30. The van der Waals surface area contributed by atoms with Crippen LogP contribution in [0.2, 0.25) is 5.02 Å². The summed E-state index contributed by atoms with van der Waals surface area (Å²) in [6.45, 7) is 6.55. The van der Waals surface area contributed by atoms with Crippen LogP contribution in [0.4, 0.5) is 0 Å². The van der Waals surface area contributed by atoms with E-state index in [-0.39, 0.29) is 12.0 Å². The van der Waals surface area contributed by atoms with Crippen molar-refractivity contribution in [3.63, 3.8) is 0 Å². The molecule has 30 heavy (non-hydrogen) atoms. The molecule has 0 spiro atoms. The molecule has 2 aromatic rings. The second-order valence-corrected chi connectivity index (χ2v) is 8.72. The average molecular weight is 429 g/mol. The average Bonchev–Trinajstić information content (AvgIpc) is 2.72. The molecule has 6 heteroatoms. The van der Waals surface area contributed by atoms with Gasteiger partial charge >= 0.3 is 0 Å². The van der Waals surface area contributed by atoms with Gasteiger partial charge < -0.3 is 19.7 Å². The molecule has 0 bridgehead atoms. The Kier molecular flexibility index (Phi) is 6.80. The molecule has 0 saturated carbocycles. The highest BCUT2D eigenvalue weighted by atomic mass is 35.5. The minimum Gasteiger partial charge on any atom is -0.494 e. The van der Waals surface area contributed by atoms with Gasteiger partial charge in [0.1, 0.15) is 11.5 Å². The Hall–Kier alpha value is -2.24. The van der Waals surface area contributed by atoms with Crippen molar-refractivity contribution in [2.75, 3.05) is 32.8 Å². The van der Waals surface area contributed by atoms with Crippen molar-refractivity contribution >= 4 is 17.5 Å². The number of fused-ring (bicyclic) bond motifs is 1. The molecule has 1 amide bonds. The van der Waals surface area contributed by atoms with Gasteiger partial charge in [-0.05, 0) is 62.1 Å². The Morgan fingerprint density at radius 1 is 1.23 bits per heavy atom. The van der Waals surface area contributed by atoms with Crippen LogP contribution < -0.4 is 14.8 Å². The molecule has 0 aromatic heterocycles. The molecule has 1 fully saturated rings. The van der Waals surface area contributed by atoms with E-state index in [1.807, 2.05) is 36.4 Å². The third-order valence-corrected chi connectivity index (χ3v) is 6.00. The first kappa shape index (κ1) is 21.0. The van der Waals surface area contributed by atoms with Crippen LogP contribution in [0.15, 0.2) is 42.5 Å². The normalized spacial score (nSPS) is 18.8. The maximum absolute atomic E-state index is 12.5. The van der Waals surface area contributed by atoms with Gasteiger partial charge in [-0.25, -0.2) is 0 Å². The highest BCUT2D eigenvalue weighted by Gasteiger charge is 2.29. The largest absolute Gasteiger partial charge is 0.494 e. The first-order chi connectivity index (χ1) is 14.6. The van der Waals surface area contributed by atoms with Gasteiger partial charge in [0, 0.05) is 37.1 Å². The smallest absolute Gasteiger partial charge is 0.261 e. The number of likely N-dealkylation sites (tertiary alicyclic amines) is 1. The molecule has 0 radical (unpaired) electrons. The van der Waals surface area contributed by atoms with Crippen molar-refractivity contribution in [1.29, 1.82) is 0 Å². The minimum absolute atomic E-state index is 0.0102. The zero-order valence-electron chi connectivity index (χ0n) is 17.4. The molecule has 2 aliphatic heterocycles. The van der Waals surface area contributed by atoms with E-state index in [0.29, 0.717) is 12.5 Å². The van der Waals surface area contributed by atoms with E-state index in [0.717, 1.165) is 62.0 Å². The number of nitrogens with one attached hydrogen (secondary N) is 1. The van der Waals surface area contributed by atoms with E-state index in [2.05, 4.69) is 23.2 Å². The summed E-state index contributed by atoms with van der Waals surface area (Å²) >= 11 is 5.87. The zero-order valence-corrected chi connectivity index (χ0v) is 18.2. The van der Waals surface area contributed by atoms with Gasteiger partial charge in [-0.15, -0.1) is 0 Å². The van der Waals surface area contributed by atoms with Crippen molar-refractivity contribution in [2.24, 2.45) is 5.92 Å². The van der Waals surface area contributed by atoms with E-state index in [4.69, 9.17) is 21.1 Å². The lowest BCUT2D eigenvalue weighted by atomic mass is 9.98. The van der Waals surface area contributed by atoms with Crippen molar-refractivity contribution in [3.05, 3.63) is 58.6 Å². The minimum atomic E-state index is -0.374. The lowest BCUT2D eigenvalue weighted by Crippen LogP contribution is -2.53. The summed E-state index contributed by atoms with van der Waals surface area (Å²) in [4.78, 5) is 14.9. The fourth-order valence-corrected chi connectivity index (χ4v) is 4.18. The number of nitrogens with zero attached hydrogens (tertiary/aromatic N) is 1. The third kappa shape index (κ3) is 5.46. The second kappa shape index (κ2) is 9.71. The van der Waals surface area contributed by atoms with Gasteiger partial charge in [0.25, 0.3) is 5.91 Å². The van der Waals surface area contributed by atoms with Crippen molar-refractivity contribution in [1.82, 2.24) is 10.2 Å². The Balaban J connectivity index is 1.09. The molecular weight excluding hydrogens is 400 g/mol. The number of amides is 1. The van der Waals surface area contributed by atoms with Crippen LogP contribution in [0.3, 0.4) is 0 Å². The summed E-state index contributed by atoms with van der Waals surface area (Å²) in [6.07, 6.45) is 2.24. The SMILES string of the molecule is Cc1ccc2c(c1)CCC(C(=O)NCC1CN(CCCOc3ccc(Cl)cc3)C1)O2. The molecule has 1 N–H and O–H groups in total. The Bertz CT molecular complexity index is 865. The molecular formula is C24H29ClN2O3. The van der Waals surface area contributed by atoms with Crippen LogP contribution in [0, 0.1) is 12.8 Å². The number of carbonyl (C=O) groups is 1. The summed E-state index contributed by atoms with van der Waals surface area (Å²) in [5.74, 6) is 2.23. The molecule has 1 saturated heterocycles. The van der Waals surface area contributed by atoms with E-state index in [1.165, 1.54) is 11.1 Å². The molecule has 2 aromatic carbocycles. The lowest BCUT2D eigenvalue weighted by Gasteiger charge is -2.39. The standard InChI is InChI=1S/C24H29ClN2O3/c1-17-3-9-22-19(13-17)4-10-23(30-22)24(28)26-14-18-15-27(16-18)11-2-12-29-21-7-5-20(25)6-8-21/h3,5-9,13,18,23H,2,4,10-12,14-16H2,1H3,(H,26,28). The summed E-state index contributed by atoms with van der Waals surface area (Å²) in [6, 6.07) is 13.6. The van der Waals surface area contributed by atoms with E-state index in [9.17, 15) is 4.79 Å². The van der Waals surface area contributed by atoms with Gasteiger partial charge in [0.15, 0.2) is 6.10 Å².